The molecule has 2 heterocycles. The number of pyridine rings is 1. The fourth-order valence-electron chi connectivity index (χ4n) is 2.92. The van der Waals surface area contributed by atoms with Gasteiger partial charge in [-0.05, 0) is 33.0 Å². The van der Waals surface area contributed by atoms with Gasteiger partial charge in [-0.1, -0.05) is 18.2 Å². The number of aryl methyl sites for hydroxylation is 1. The van der Waals surface area contributed by atoms with E-state index in [4.69, 9.17) is 4.74 Å². The number of amides is 2. The summed E-state index contributed by atoms with van der Waals surface area (Å²) in [6, 6.07) is 9.42. The molecule has 1 aromatic carbocycles. The van der Waals surface area contributed by atoms with E-state index >= 15 is 0 Å². The average molecular weight is 328 g/mol. The molecule has 1 fully saturated rings. The molecule has 2 amide bonds. The number of likely N-dealkylation sites (N-methyl/N-ethyl adjacent to an activating group) is 1. The maximum atomic E-state index is 12.4. The monoisotopic (exact) mass is 328 g/mol. The highest BCUT2D eigenvalue weighted by molar-refractivity contribution is 5.99. The Hall–Kier alpha value is -2.18. The molecule has 0 aliphatic carbocycles. The highest BCUT2D eigenvalue weighted by Gasteiger charge is 2.24. The number of carbonyl (C=O) groups excluding carboxylic acids is 1. The van der Waals surface area contributed by atoms with Gasteiger partial charge in [-0.3, -0.25) is 4.98 Å². The van der Waals surface area contributed by atoms with Crippen LogP contribution in [0.2, 0.25) is 0 Å². The van der Waals surface area contributed by atoms with E-state index in [9.17, 15) is 4.79 Å². The Balaban J connectivity index is 1.67. The number of urea groups is 1. The van der Waals surface area contributed by atoms with E-state index in [0.717, 1.165) is 29.7 Å². The van der Waals surface area contributed by atoms with Gasteiger partial charge in [0.15, 0.2) is 0 Å². The van der Waals surface area contributed by atoms with E-state index in [1.807, 2.05) is 44.2 Å². The molecule has 0 unspecified atom stereocenters. The number of carbonyl (C=O) groups is 1. The summed E-state index contributed by atoms with van der Waals surface area (Å²) in [7, 11) is 2.06. The van der Waals surface area contributed by atoms with E-state index < -0.39 is 0 Å². The molecule has 2 N–H and O–H groups in total. The van der Waals surface area contributed by atoms with E-state index in [0.29, 0.717) is 12.3 Å². The molecule has 2 atom stereocenters. The second-order valence-corrected chi connectivity index (χ2v) is 6.39. The first-order valence-corrected chi connectivity index (χ1v) is 8.27. The second-order valence-electron chi connectivity index (χ2n) is 6.39. The van der Waals surface area contributed by atoms with Crippen LogP contribution in [0, 0.1) is 6.92 Å². The third-order valence-electron chi connectivity index (χ3n) is 4.32. The molecule has 24 heavy (non-hydrogen) atoms. The number of para-hydroxylation sites is 1. The number of hydrogen-bond donors (Lipinski definition) is 2. The van der Waals surface area contributed by atoms with Crippen LogP contribution in [0.4, 0.5) is 10.5 Å². The van der Waals surface area contributed by atoms with Gasteiger partial charge in [0.25, 0.3) is 0 Å². The van der Waals surface area contributed by atoms with Gasteiger partial charge < -0.3 is 20.3 Å². The van der Waals surface area contributed by atoms with Crippen LogP contribution >= 0.6 is 0 Å². The highest BCUT2D eigenvalue weighted by Crippen LogP contribution is 2.21. The molecule has 6 heteroatoms. The Kier molecular flexibility index (Phi) is 4.97. The number of hydrogen-bond acceptors (Lipinski definition) is 4. The molecule has 0 saturated carbocycles. The Morgan fingerprint density at radius 3 is 3.00 bits per heavy atom. The summed E-state index contributed by atoms with van der Waals surface area (Å²) in [6.07, 6.45) is 0.00221. The molecule has 3 rings (SSSR count). The van der Waals surface area contributed by atoms with Crippen molar-refractivity contribution < 1.29 is 9.53 Å². The first-order valence-electron chi connectivity index (χ1n) is 8.27. The zero-order valence-electron chi connectivity index (χ0n) is 14.4. The first kappa shape index (κ1) is 16.7. The lowest BCUT2D eigenvalue weighted by atomic mass is 10.1. The van der Waals surface area contributed by atoms with E-state index in [1.54, 1.807) is 0 Å². The van der Waals surface area contributed by atoms with Crippen LogP contribution in [0.5, 0.6) is 0 Å². The van der Waals surface area contributed by atoms with Crippen molar-refractivity contribution in [1.29, 1.82) is 0 Å². The number of rotatable bonds is 3. The number of morpholine rings is 1. The van der Waals surface area contributed by atoms with Crippen LogP contribution in [0.25, 0.3) is 10.9 Å². The Morgan fingerprint density at radius 2 is 2.21 bits per heavy atom. The molecule has 1 aliphatic heterocycles. The number of anilines is 1. The lowest BCUT2D eigenvalue weighted by molar-refractivity contribution is -0.0331. The molecular weight excluding hydrogens is 304 g/mol. The van der Waals surface area contributed by atoms with Crippen molar-refractivity contribution in [2.45, 2.75) is 26.0 Å². The zero-order valence-corrected chi connectivity index (χ0v) is 14.4. The van der Waals surface area contributed by atoms with Gasteiger partial charge in [0.1, 0.15) is 0 Å². The normalized spacial score (nSPS) is 19.9. The van der Waals surface area contributed by atoms with Crippen molar-refractivity contribution >= 4 is 22.6 Å². The van der Waals surface area contributed by atoms with Crippen molar-refractivity contribution in [3.8, 4) is 0 Å². The van der Waals surface area contributed by atoms with E-state index in [1.165, 1.54) is 0 Å². The summed E-state index contributed by atoms with van der Waals surface area (Å²) < 4.78 is 5.75. The molecule has 1 aliphatic rings. The number of benzene rings is 1. The van der Waals surface area contributed by atoms with Crippen molar-refractivity contribution in [3.63, 3.8) is 0 Å². The van der Waals surface area contributed by atoms with Crippen LogP contribution < -0.4 is 10.6 Å². The first-order chi connectivity index (χ1) is 11.5. The van der Waals surface area contributed by atoms with Gasteiger partial charge in [0, 0.05) is 24.2 Å². The minimum absolute atomic E-state index is 0.00221. The summed E-state index contributed by atoms with van der Waals surface area (Å²) >= 11 is 0. The van der Waals surface area contributed by atoms with Crippen LogP contribution in [0.1, 0.15) is 12.6 Å². The van der Waals surface area contributed by atoms with Crippen LogP contribution in [0.15, 0.2) is 30.3 Å². The molecule has 0 spiro atoms. The smallest absolute Gasteiger partial charge is 0.319 e. The number of aromatic nitrogens is 1. The predicted octanol–water partition coefficient (Wildman–Crippen LogP) is 2.38. The minimum atomic E-state index is -0.241. The Bertz CT molecular complexity index is 734. The van der Waals surface area contributed by atoms with Gasteiger partial charge in [0.2, 0.25) is 0 Å². The number of ether oxygens (including phenoxy) is 1. The van der Waals surface area contributed by atoms with E-state index in [-0.39, 0.29) is 18.2 Å². The topological polar surface area (TPSA) is 66.5 Å². The summed E-state index contributed by atoms with van der Waals surface area (Å²) in [5.41, 5.74) is 2.43. The summed E-state index contributed by atoms with van der Waals surface area (Å²) in [6.45, 7) is 6.35. The Labute approximate surface area is 142 Å². The molecule has 0 radical (unpaired) electrons. The van der Waals surface area contributed by atoms with Gasteiger partial charge >= 0.3 is 6.03 Å². The van der Waals surface area contributed by atoms with Crippen LogP contribution in [-0.2, 0) is 4.74 Å². The molecule has 0 bridgehead atoms. The Morgan fingerprint density at radius 1 is 1.38 bits per heavy atom. The minimum Gasteiger partial charge on any atom is -0.373 e. The van der Waals surface area contributed by atoms with Gasteiger partial charge in [-0.2, -0.15) is 0 Å². The van der Waals surface area contributed by atoms with Crippen LogP contribution in [0.3, 0.4) is 0 Å². The number of nitrogens with one attached hydrogen (secondary N) is 2. The average Bonchev–Trinajstić information content (AvgIpc) is 2.55. The standard InChI is InChI=1S/C18H24N4O2/c1-12-7-8-14-5-4-6-15(17(14)19-12)21-18(23)20-13(2)16-11-22(3)9-10-24-16/h4-8,13,16H,9-11H2,1-3H3,(H2,20,21,23)/t13-,16+/m0/s1. The quantitative estimate of drug-likeness (QED) is 0.908. The predicted molar refractivity (Wildman–Crippen MR) is 95.3 cm³/mol. The van der Waals surface area contributed by atoms with Crippen molar-refractivity contribution in [2.75, 3.05) is 32.1 Å². The molecule has 128 valence electrons. The molecule has 1 aromatic heterocycles. The van der Waals surface area contributed by atoms with Crippen molar-refractivity contribution in [1.82, 2.24) is 15.2 Å². The van der Waals surface area contributed by atoms with Gasteiger partial charge in [-0.25, -0.2) is 4.79 Å². The molecule has 1 saturated heterocycles. The molecular formula is C18H24N4O2. The van der Waals surface area contributed by atoms with Gasteiger partial charge in [0.05, 0.1) is 30.0 Å². The lowest BCUT2D eigenvalue weighted by Gasteiger charge is -2.33. The zero-order chi connectivity index (χ0) is 17.1. The maximum Gasteiger partial charge on any atom is 0.319 e. The fourth-order valence-corrected chi connectivity index (χ4v) is 2.92. The summed E-state index contributed by atoms with van der Waals surface area (Å²) in [4.78, 5) is 19.1. The third-order valence-corrected chi connectivity index (χ3v) is 4.32. The molecule has 2 aromatic rings. The lowest BCUT2D eigenvalue weighted by Crippen LogP contribution is -2.52. The largest absolute Gasteiger partial charge is 0.373 e. The SMILES string of the molecule is Cc1ccc2cccc(NC(=O)N[C@@H](C)[C@H]3CN(C)CCO3)c2n1. The highest BCUT2D eigenvalue weighted by atomic mass is 16.5. The maximum absolute atomic E-state index is 12.4. The van der Waals surface area contributed by atoms with Crippen molar-refractivity contribution in [2.24, 2.45) is 0 Å². The summed E-state index contributed by atoms with van der Waals surface area (Å²) in [5, 5.41) is 6.88. The van der Waals surface area contributed by atoms with Crippen LogP contribution in [-0.4, -0.2) is 54.8 Å². The van der Waals surface area contributed by atoms with Gasteiger partial charge in [-0.15, -0.1) is 0 Å². The van der Waals surface area contributed by atoms with Crippen molar-refractivity contribution in [3.05, 3.63) is 36.0 Å². The van der Waals surface area contributed by atoms with E-state index in [2.05, 4.69) is 27.6 Å². The third kappa shape index (κ3) is 3.83. The summed E-state index contributed by atoms with van der Waals surface area (Å²) in [5.74, 6) is 0. The number of nitrogens with zero attached hydrogens (tertiary/aromatic N) is 2. The fraction of sp³-hybridized carbons (Fsp3) is 0.444. The number of fused-ring (bicyclic) bond motifs is 1. The second kappa shape index (κ2) is 7.15. The molecule has 6 nitrogen and oxygen atoms in total.